The highest BCUT2D eigenvalue weighted by Crippen LogP contribution is 2.42. The van der Waals surface area contributed by atoms with Crippen LogP contribution in [0, 0.1) is 5.92 Å². The summed E-state index contributed by atoms with van der Waals surface area (Å²) in [6, 6.07) is 5.03. The maximum absolute atomic E-state index is 13.1. The van der Waals surface area contributed by atoms with Gasteiger partial charge in [0.25, 0.3) is 0 Å². The summed E-state index contributed by atoms with van der Waals surface area (Å²) in [5.74, 6) is -2.14. The number of benzene rings is 1. The molecule has 2 heterocycles. The molecule has 0 spiro atoms. The zero-order chi connectivity index (χ0) is 21.8. The Morgan fingerprint density at radius 2 is 1.90 bits per heavy atom. The molecule has 0 fully saturated rings. The van der Waals surface area contributed by atoms with Crippen LogP contribution in [0.3, 0.4) is 0 Å². The van der Waals surface area contributed by atoms with Gasteiger partial charge in [0.1, 0.15) is 0 Å². The first-order chi connectivity index (χ1) is 14.2. The second-order valence-electron chi connectivity index (χ2n) is 7.93. The Morgan fingerprint density at radius 1 is 1.20 bits per heavy atom. The molecule has 1 amide bonds. The minimum atomic E-state index is -4.95. The lowest BCUT2D eigenvalue weighted by atomic mass is 9.79. The van der Waals surface area contributed by atoms with Gasteiger partial charge in [-0.25, -0.2) is 0 Å². The molecule has 0 bridgehead atoms. The quantitative estimate of drug-likeness (QED) is 0.764. The standard InChI is InChI=1S/C22H24F3N3O2/c1-4-27(5-2)20(29)14-9-16-15-7-6-8-17-19(15)13(10-18(16)26(3)11-14)12-28(17)21(30)22(23,24)25/h6-9,12,14,18H,4-5,10-11H2,1-3H3/t14-,18-/m1/s1. The molecule has 0 radical (unpaired) electrons. The smallest absolute Gasteiger partial charge is 0.343 e. The van der Waals surface area contributed by atoms with E-state index in [1.54, 1.807) is 11.0 Å². The average Bonchev–Trinajstić information content (AvgIpc) is 3.08. The van der Waals surface area contributed by atoms with E-state index in [2.05, 4.69) is 4.90 Å². The lowest BCUT2D eigenvalue weighted by Gasteiger charge is -2.40. The number of aromatic nitrogens is 1. The summed E-state index contributed by atoms with van der Waals surface area (Å²) < 4.78 is 40.0. The normalized spacial score (nSPS) is 21.3. The van der Waals surface area contributed by atoms with E-state index in [0.29, 0.717) is 36.0 Å². The fourth-order valence-corrected chi connectivity index (χ4v) is 4.79. The maximum Gasteiger partial charge on any atom is 0.472 e. The lowest BCUT2D eigenvalue weighted by Crippen LogP contribution is -2.47. The van der Waals surface area contributed by atoms with Crippen LogP contribution in [-0.4, -0.2) is 65.1 Å². The highest BCUT2D eigenvalue weighted by molar-refractivity contribution is 6.04. The number of halogens is 3. The number of likely N-dealkylation sites (N-methyl/N-ethyl adjacent to an activating group) is 1. The number of hydrogen-bond donors (Lipinski definition) is 0. The van der Waals surface area contributed by atoms with Crippen LogP contribution < -0.4 is 0 Å². The number of nitrogens with zero attached hydrogens (tertiary/aromatic N) is 3. The number of hydrogen-bond acceptors (Lipinski definition) is 3. The third-order valence-corrected chi connectivity index (χ3v) is 6.24. The summed E-state index contributed by atoms with van der Waals surface area (Å²) in [5.41, 5.74) is 2.73. The van der Waals surface area contributed by atoms with E-state index < -0.39 is 12.1 Å². The fraction of sp³-hybridized carbons (Fsp3) is 0.455. The summed E-state index contributed by atoms with van der Waals surface area (Å²) in [5, 5.41) is 0.668. The first-order valence-electron chi connectivity index (χ1n) is 10.1. The van der Waals surface area contributed by atoms with Crippen LogP contribution in [0.2, 0.25) is 0 Å². The number of alkyl halides is 3. The third-order valence-electron chi connectivity index (χ3n) is 6.24. The molecule has 2 atom stereocenters. The molecule has 160 valence electrons. The van der Waals surface area contributed by atoms with Gasteiger partial charge in [0.2, 0.25) is 5.91 Å². The van der Waals surface area contributed by atoms with Crippen LogP contribution in [0.15, 0.2) is 30.5 Å². The molecule has 0 unspecified atom stereocenters. The second-order valence-corrected chi connectivity index (χ2v) is 7.93. The number of carbonyl (C=O) groups is 2. The Kier molecular flexibility index (Phi) is 5.00. The molecule has 30 heavy (non-hydrogen) atoms. The van der Waals surface area contributed by atoms with Gasteiger partial charge in [0, 0.05) is 37.3 Å². The Labute approximate surface area is 172 Å². The first-order valence-corrected chi connectivity index (χ1v) is 10.1. The minimum Gasteiger partial charge on any atom is -0.343 e. The van der Waals surface area contributed by atoms with Crippen LogP contribution in [-0.2, 0) is 11.2 Å². The van der Waals surface area contributed by atoms with Gasteiger partial charge >= 0.3 is 12.1 Å². The Hall–Kier alpha value is -2.61. The topological polar surface area (TPSA) is 45.6 Å². The van der Waals surface area contributed by atoms with E-state index in [-0.39, 0.29) is 23.4 Å². The molecule has 0 N–H and O–H groups in total. The zero-order valence-corrected chi connectivity index (χ0v) is 17.2. The van der Waals surface area contributed by atoms with Crippen molar-refractivity contribution in [1.29, 1.82) is 0 Å². The van der Waals surface area contributed by atoms with Crippen molar-refractivity contribution in [2.24, 2.45) is 5.92 Å². The summed E-state index contributed by atoms with van der Waals surface area (Å²) in [4.78, 5) is 28.8. The van der Waals surface area contributed by atoms with Gasteiger partial charge in [-0.1, -0.05) is 18.2 Å². The Morgan fingerprint density at radius 3 is 2.53 bits per heavy atom. The van der Waals surface area contributed by atoms with Gasteiger partial charge in [-0.3, -0.25) is 19.1 Å². The molecule has 1 aliphatic heterocycles. The van der Waals surface area contributed by atoms with E-state index >= 15 is 0 Å². The number of fused-ring (bicyclic) bond motifs is 2. The molecule has 1 aliphatic carbocycles. The van der Waals surface area contributed by atoms with Gasteiger partial charge < -0.3 is 4.90 Å². The van der Waals surface area contributed by atoms with E-state index in [0.717, 1.165) is 16.7 Å². The number of amides is 1. The van der Waals surface area contributed by atoms with Crippen LogP contribution in [0.4, 0.5) is 13.2 Å². The molecule has 0 saturated heterocycles. The fourth-order valence-electron chi connectivity index (χ4n) is 4.79. The third kappa shape index (κ3) is 3.14. The molecule has 2 aliphatic rings. The maximum atomic E-state index is 13.1. The molecular formula is C22H24F3N3O2. The van der Waals surface area contributed by atoms with Crippen molar-refractivity contribution in [3.63, 3.8) is 0 Å². The Bertz CT molecular complexity index is 1050. The summed E-state index contributed by atoms with van der Waals surface area (Å²) >= 11 is 0. The van der Waals surface area contributed by atoms with Gasteiger partial charge in [-0.05, 0) is 50.1 Å². The van der Waals surface area contributed by atoms with E-state index in [4.69, 9.17) is 0 Å². The molecule has 0 saturated carbocycles. The molecule has 1 aromatic heterocycles. The number of rotatable bonds is 3. The number of carbonyl (C=O) groups excluding carboxylic acids is 2. The summed E-state index contributed by atoms with van der Waals surface area (Å²) in [6.45, 7) is 5.70. The van der Waals surface area contributed by atoms with Gasteiger partial charge in [-0.15, -0.1) is 0 Å². The van der Waals surface area contributed by atoms with Crippen molar-refractivity contribution in [2.75, 3.05) is 26.7 Å². The summed E-state index contributed by atoms with van der Waals surface area (Å²) in [6.07, 6.45) is -1.15. The van der Waals surface area contributed by atoms with Crippen LogP contribution >= 0.6 is 0 Å². The average molecular weight is 419 g/mol. The van der Waals surface area contributed by atoms with E-state index in [1.165, 1.54) is 12.3 Å². The highest BCUT2D eigenvalue weighted by Gasteiger charge is 2.42. The van der Waals surface area contributed by atoms with Crippen molar-refractivity contribution in [1.82, 2.24) is 14.4 Å². The van der Waals surface area contributed by atoms with Crippen molar-refractivity contribution < 1.29 is 22.8 Å². The predicted octanol–water partition coefficient (Wildman–Crippen LogP) is 3.58. The monoisotopic (exact) mass is 419 g/mol. The molecule has 8 heteroatoms. The van der Waals surface area contributed by atoms with Crippen molar-refractivity contribution in [2.45, 2.75) is 32.5 Å². The van der Waals surface area contributed by atoms with Crippen molar-refractivity contribution in [3.8, 4) is 0 Å². The second kappa shape index (κ2) is 7.27. The van der Waals surface area contributed by atoms with Crippen LogP contribution in [0.5, 0.6) is 0 Å². The largest absolute Gasteiger partial charge is 0.472 e. The van der Waals surface area contributed by atoms with Crippen molar-refractivity contribution in [3.05, 3.63) is 41.6 Å². The molecule has 5 nitrogen and oxygen atoms in total. The molecule has 2 aromatic rings. The first kappa shape index (κ1) is 20.7. The molecular weight excluding hydrogens is 395 g/mol. The van der Waals surface area contributed by atoms with Crippen LogP contribution in [0.1, 0.15) is 29.8 Å². The molecule has 1 aromatic carbocycles. The van der Waals surface area contributed by atoms with Gasteiger partial charge in [-0.2, -0.15) is 13.2 Å². The lowest BCUT2D eigenvalue weighted by molar-refractivity contribution is -0.134. The zero-order valence-electron chi connectivity index (χ0n) is 17.2. The molecule has 4 rings (SSSR count). The van der Waals surface area contributed by atoms with Gasteiger partial charge in [0.05, 0.1) is 11.4 Å². The van der Waals surface area contributed by atoms with E-state index in [1.807, 2.05) is 33.0 Å². The SMILES string of the molecule is CCN(CC)C(=O)[C@@H]1C=C2c3cccc4c3c(cn4C(=O)C(F)(F)F)C[C@H]2N(C)C1. The van der Waals surface area contributed by atoms with Crippen molar-refractivity contribution >= 4 is 28.3 Å². The van der Waals surface area contributed by atoms with Crippen LogP contribution in [0.25, 0.3) is 16.5 Å². The minimum absolute atomic E-state index is 0.0410. The highest BCUT2D eigenvalue weighted by atomic mass is 19.4. The van der Waals surface area contributed by atoms with E-state index in [9.17, 15) is 22.8 Å². The predicted molar refractivity (Wildman–Crippen MR) is 108 cm³/mol. The Balaban J connectivity index is 1.84. The summed E-state index contributed by atoms with van der Waals surface area (Å²) in [7, 11) is 1.93. The van der Waals surface area contributed by atoms with Gasteiger partial charge in [0.15, 0.2) is 0 Å².